The fraction of sp³-hybridized carbons (Fsp3) is 0.464. The molecule has 1 saturated heterocycles. The third kappa shape index (κ3) is 7.93. The van der Waals surface area contributed by atoms with Crippen molar-refractivity contribution in [3.05, 3.63) is 58.6 Å². The summed E-state index contributed by atoms with van der Waals surface area (Å²) in [7, 11) is 0. The Bertz CT molecular complexity index is 1390. The Kier molecular flexibility index (Phi) is 8.86. The fourth-order valence-corrected chi connectivity index (χ4v) is 5.01. The minimum Gasteiger partial charge on any atom is -0.491 e. The Labute approximate surface area is 240 Å². The van der Waals surface area contributed by atoms with E-state index in [-0.39, 0.29) is 18.2 Å². The number of likely N-dealkylation sites (tertiary alicyclic amines) is 1. The van der Waals surface area contributed by atoms with Gasteiger partial charge in [0.1, 0.15) is 23.0 Å². The predicted molar refractivity (Wildman–Crippen MR) is 147 cm³/mol. The lowest BCUT2D eigenvalue weighted by molar-refractivity contribution is -0.145. The highest BCUT2D eigenvalue weighted by molar-refractivity contribution is 7.14. The van der Waals surface area contributed by atoms with E-state index in [2.05, 4.69) is 20.3 Å². The van der Waals surface area contributed by atoms with E-state index in [0.29, 0.717) is 28.4 Å². The number of hydrogen-bond donors (Lipinski definition) is 1. The number of ether oxygens (including phenoxy) is 2. The van der Waals surface area contributed by atoms with Gasteiger partial charge in [-0.1, -0.05) is 0 Å². The van der Waals surface area contributed by atoms with E-state index in [9.17, 15) is 22.8 Å². The summed E-state index contributed by atoms with van der Waals surface area (Å²) >= 11 is 1.46. The van der Waals surface area contributed by atoms with Gasteiger partial charge in [0.25, 0.3) is 5.91 Å². The Morgan fingerprint density at radius 3 is 2.44 bits per heavy atom. The van der Waals surface area contributed by atoms with Gasteiger partial charge in [-0.3, -0.25) is 4.79 Å². The largest absolute Gasteiger partial charge is 0.491 e. The monoisotopic (exact) mass is 591 g/mol. The summed E-state index contributed by atoms with van der Waals surface area (Å²) in [6, 6.07) is 4.20. The van der Waals surface area contributed by atoms with Gasteiger partial charge in [-0.05, 0) is 65.7 Å². The first kappa shape index (κ1) is 30.2. The van der Waals surface area contributed by atoms with Gasteiger partial charge in [0.05, 0.1) is 12.1 Å². The number of nitrogens with zero attached hydrogens (tertiary/aromatic N) is 4. The molecule has 9 nitrogen and oxygen atoms in total. The molecule has 0 bridgehead atoms. The highest BCUT2D eigenvalue weighted by atomic mass is 32.1. The second-order valence-electron chi connectivity index (χ2n) is 10.8. The van der Waals surface area contributed by atoms with Crippen LogP contribution in [0.5, 0.6) is 5.75 Å². The van der Waals surface area contributed by atoms with Crippen molar-refractivity contribution < 1.29 is 32.2 Å². The number of rotatable bonds is 7. The van der Waals surface area contributed by atoms with Crippen LogP contribution in [0.25, 0.3) is 10.6 Å². The van der Waals surface area contributed by atoms with Crippen LogP contribution in [0.3, 0.4) is 0 Å². The molecule has 0 saturated carbocycles. The fourth-order valence-electron chi connectivity index (χ4n) is 4.26. The Morgan fingerprint density at radius 1 is 1.12 bits per heavy atom. The second kappa shape index (κ2) is 12.0. The van der Waals surface area contributed by atoms with Gasteiger partial charge in [0, 0.05) is 46.7 Å². The molecule has 1 fully saturated rings. The van der Waals surface area contributed by atoms with Crippen molar-refractivity contribution in [1.82, 2.24) is 25.2 Å². The third-order valence-corrected chi connectivity index (χ3v) is 7.22. The summed E-state index contributed by atoms with van der Waals surface area (Å²) < 4.78 is 50.1. The number of hydrogen-bond acceptors (Lipinski definition) is 8. The number of thiazole rings is 1. The zero-order chi connectivity index (χ0) is 29.9. The number of nitrogens with one attached hydrogen (secondary N) is 1. The smallest absolute Gasteiger partial charge is 0.451 e. The van der Waals surface area contributed by atoms with Crippen molar-refractivity contribution in [2.24, 2.45) is 0 Å². The molecule has 1 N–H and O–H groups in total. The van der Waals surface area contributed by atoms with Gasteiger partial charge in [-0.15, -0.1) is 11.3 Å². The molecule has 1 aromatic carbocycles. The highest BCUT2D eigenvalue weighted by Crippen LogP contribution is 2.31. The predicted octanol–water partition coefficient (Wildman–Crippen LogP) is 6.20. The van der Waals surface area contributed by atoms with Crippen molar-refractivity contribution in [2.45, 2.75) is 71.3 Å². The number of aromatic nitrogens is 3. The summed E-state index contributed by atoms with van der Waals surface area (Å²) in [4.78, 5) is 39.8. The van der Waals surface area contributed by atoms with E-state index in [1.165, 1.54) is 11.3 Å². The molecule has 220 valence electrons. The normalized spacial score (nSPS) is 16.4. The molecule has 0 unspecified atom stereocenters. The Morgan fingerprint density at radius 2 is 1.83 bits per heavy atom. The molecule has 3 aromatic rings. The minimum absolute atomic E-state index is 0.187. The first-order chi connectivity index (χ1) is 19.2. The maximum atomic E-state index is 13.3. The Hall–Kier alpha value is -3.74. The zero-order valence-corrected chi connectivity index (χ0v) is 24.2. The first-order valence-corrected chi connectivity index (χ1v) is 13.9. The second-order valence-corrected chi connectivity index (χ2v) is 12.1. The minimum atomic E-state index is -4.65. The molecule has 0 aliphatic carbocycles. The van der Waals surface area contributed by atoms with Gasteiger partial charge in [-0.2, -0.15) is 13.2 Å². The van der Waals surface area contributed by atoms with Crippen LogP contribution in [-0.4, -0.2) is 56.6 Å². The highest BCUT2D eigenvalue weighted by Gasteiger charge is 2.35. The lowest BCUT2D eigenvalue weighted by atomic mass is 10.1. The van der Waals surface area contributed by atoms with E-state index < -0.39 is 35.6 Å². The number of aryl methyl sites for hydroxylation is 1. The molecule has 1 aliphatic heterocycles. The Balaban J connectivity index is 1.52. The van der Waals surface area contributed by atoms with Gasteiger partial charge < -0.3 is 19.7 Å². The number of amides is 2. The zero-order valence-electron chi connectivity index (χ0n) is 23.4. The maximum absolute atomic E-state index is 13.3. The maximum Gasteiger partial charge on any atom is 0.451 e. The van der Waals surface area contributed by atoms with E-state index in [1.807, 2.05) is 27.7 Å². The van der Waals surface area contributed by atoms with E-state index in [0.717, 1.165) is 30.1 Å². The van der Waals surface area contributed by atoms with Crippen LogP contribution in [0.15, 0.2) is 36.8 Å². The van der Waals surface area contributed by atoms with Crippen molar-refractivity contribution in [1.29, 1.82) is 0 Å². The van der Waals surface area contributed by atoms with Gasteiger partial charge >= 0.3 is 12.3 Å². The van der Waals surface area contributed by atoms with Gasteiger partial charge in [0.2, 0.25) is 5.82 Å². The number of benzene rings is 1. The topological polar surface area (TPSA) is 107 Å². The van der Waals surface area contributed by atoms with Crippen LogP contribution in [0.1, 0.15) is 73.2 Å². The van der Waals surface area contributed by atoms with Crippen LogP contribution in [0.4, 0.5) is 18.0 Å². The molecule has 41 heavy (non-hydrogen) atoms. The van der Waals surface area contributed by atoms with Gasteiger partial charge in [0.15, 0.2) is 0 Å². The van der Waals surface area contributed by atoms with Crippen molar-refractivity contribution in [3.63, 3.8) is 0 Å². The summed E-state index contributed by atoms with van der Waals surface area (Å²) in [5.41, 5.74) is 0.655. The molecule has 2 amide bonds. The van der Waals surface area contributed by atoms with E-state index >= 15 is 0 Å². The number of carbonyl (C=O) groups is 2. The summed E-state index contributed by atoms with van der Waals surface area (Å²) in [5, 5.41) is 3.48. The quantitative estimate of drug-likeness (QED) is 0.349. The molecule has 0 spiro atoms. The summed E-state index contributed by atoms with van der Waals surface area (Å²) in [5.74, 6) is -1.30. The van der Waals surface area contributed by atoms with Crippen molar-refractivity contribution in [3.8, 4) is 16.3 Å². The number of carbonyl (C=O) groups excluding carboxylic acids is 2. The number of alkyl halides is 3. The van der Waals surface area contributed by atoms with Gasteiger partial charge in [-0.25, -0.2) is 19.7 Å². The number of halogens is 3. The lowest BCUT2D eigenvalue weighted by Crippen LogP contribution is -2.42. The van der Waals surface area contributed by atoms with Crippen LogP contribution < -0.4 is 10.1 Å². The molecule has 4 rings (SSSR count). The van der Waals surface area contributed by atoms with Crippen LogP contribution in [0, 0.1) is 6.92 Å². The molecule has 2 aromatic heterocycles. The SMILES string of the molecule is Cc1cnc(-c2cc(OC[C@@H]3CCCN3C(=O)OC(C)(C)C)cc(C(=O)N[C@H](C)c3cnc(C(F)(F)F)nc3)c2)s1. The van der Waals surface area contributed by atoms with E-state index in [1.54, 1.807) is 36.2 Å². The lowest BCUT2D eigenvalue weighted by Gasteiger charge is -2.28. The molecular weight excluding hydrogens is 559 g/mol. The van der Waals surface area contributed by atoms with Crippen LogP contribution in [0.2, 0.25) is 0 Å². The van der Waals surface area contributed by atoms with Crippen molar-refractivity contribution in [2.75, 3.05) is 13.2 Å². The molecule has 3 heterocycles. The average molecular weight is 592 g/mol. The van der Waals surface area contributed by atoms with Crippen LogP contribution in [-0.2, 0) is 10.9 Å². The molecule has 0 radical (unpaired) electrons. The standard InChI is InChI=1S/C28H32F3N5O4S/c1-16-12-32-24(41-16)19-9-18(23(37)35-17(2)20-13-33-25(34-14-20)28(29,30)31)10-22(11-19)39-15-21-7-6-8-36(21)26(38)40-27(3,4)5/h9-14,17,21H,6-8,15H2,1-5H3,(H,35,37)/t17-,21+/m1/s1. The van der Waals surface area contributed by atoms with E-state index in [4.69, 9.17) is 9.47 Å². The summed E-state index contributed by atoms with van der Waals surface area (Å²) in [6.07, 6.45) is 0.354. The molecule has 13 heteroatoms. The first-order valence-electron chi connectivity index (χ1n) is 13.1. The average Bonchev–Trinajstić information content (AvgIpc) is 3.55. The summed E-state index contributed by atoms with van der Waals surface area (Å²) in [6.45, 7) is 9.78. The third-order valence-electron chi connectivity index (χ3n) is 6.26. The van der Waals surface area contributed by atoms with Crippen molar-refractivity contribution >= 4 is 23.3 Å². The molecule has 1 aliphatic rings. The van der Waals surface area contributed by atoms with Crippen LogP contribution >= 0.6 is 11.3 Å². The molecule has 2 atom stereocenters. The molecular formula is C28H32F3N5O4S.